The molecule has 3 heterocycles. The summed E-state index contributed by atoms with van der Waals surface area (Å²) in [5.74, 6) is -2.45. The average Bonchev–Trinajstić information content (AvgIpc) is 2.97. The number of anilines is 1. The maximum absolute atomic E-state index is 13.9. The van der Waals surface area contributed by atoms with Crippen LogP contribution in [0.4, 0.5) is 27.6 Å². The summed E-state index contributed by atoms with van der Waals surface area (Å²) in [5.41, 5.74) is 0.480. The van der Waals surface area contributed by atoms with Gasteiger partial charge in [0.1, 0.15) is 11.3 Å². The van der Waals surface area contributed by atoms with E-state index >= 15 is 0 Å². The normalized spacial score (nSPS) is 14.8. The molecule has 1 aliphatic heterocycles. The lowest BCUT2D eigenvalue weighted by Gasteiger charge is -2.30. The number of hydrogen-bond donors (Lipinski definition) is 0. The van der Waals surface area contributed by atoms with Crippen LogP contribution >= 0.6 is 0 Å². The zero-order valence-corrected chi connectivity index (χ0v) is 12.6. The number of aromatic nitrogens is 4. The summed E-state index contributed by atoms with van der Waals surface area (Å²) in [6.07, 6.45) is -3.21. The predicted octanol–water partition coefficient (Wildman–Crippen LogP) is 3.14. The van der Waals surface area contributed by atoms with Crippen molar-refractivity contribution in [3.05, 3.63) is 47.7 Å². The zero-order chi connectivity index (χ0) is 17.8. The van der Waals surface area contributed by atoms with Crippen molar-refractivity contribution >= 4 is 16.6 Å². The number of alkyl halides is 3. The molecular weight excluding hydrogens is 345 g/mol. The Hall–Kier alpha value is -2.78. The topological polar surface area (TPSA) is 46.8 Å². The highest BCUT2D eigenvalue weighted by Gasteiger charge is 2.39. The molecule has 4 rings (SSSR count). The molecule has 130 valence electrons. The molecule has 5 nitrogen and oxygen atoms in total. The van der Waals surface area contributed by atoms with Gasteiger partial charge in [0.05, 0.1) is 6.54 Å². The van der Waals surface area contributed by atoms with Gasteiger partial charge >= 0.3 is 6.18 Å². The van der Waals surface area contributed by atoms with Crippen molar-refractivity contribution in [2.75, 3.05) is 11.4 Å². The van der Waals surface area contributed by atoms with E-state index in [1.807, 2.05) is 0 Å². The first-order chi connectivity index (χ1) is 11.8. The van der Waals surface area contributed by atoms with Gasteiger partial charge in [-0.05, 0) is 12.1 Å². The number of rotatable bonds is 1. The summed E-state index contributed by atoms with van der Waals surface area (Å²) < 4.78 is 67.2. The van der Waals surface area contributed by atoms with Gasteiger partial charge in [0.15, 0.2) is 11.6 Å². The standard InChI is InChI=1S/C15H10F5N5/c16-8-5-9-11(1-2-21-13(9)10(17)6-8)24-3-4-25-12(7-24)22-23-14(25)15(18,19)20/h1-2,5-6H,3-4,7H2. The van der Waals surface area contributed by atoms with Crippen LogP contribution in [0.15, 0.2) is 24.4 Å². The number of hydrogen-bond acceptors (Lipinski definition) is 4. The Morgan fingerprint density at radius 1 is 1.04 bits per heavy atom. The summed E-state index contributed by atoms with van der Waals surface area (Å²) in [4.78, 5) is 5.61. The summed E-state index contributed by atoms with van der Waals surface area (Å²) in [6.45, 7) is 0.268. The summed E-state index contributed by atoms with van der Waals surface area (Å²) >= 11 is 0. The molecule has 0 spiro atoms. The van der Waals surface area contributed by atoms with E-state index in [1.54, 1.807) is 11.0 Å². The minimum Gasteiger partial charge on any atom is -0.362 e. The maximum Gasteiger partial charge on any atom is 0.451 e. The molecule has 3 aromatic rings. The second-order valence-corrected chi connectivity index (χ2v) is 5.62. The second-order valence-electron chi connectivity index (χ2n) is 5.62. The van der Waals surface area contributed by atoms with Crippen LogP contribution in [0.2, 0.25) is 0 Å². The lowest BCUT2D eigenvalue weighted by atomic mass is 10.1. The van der Waals surface area contributed by atoms with Crippen molar-refractivity contribution in [2.45, 2.75) is 19.3 Å². The Bertz CT molecular complexity index is 965. The number of nitrogens with zero attached hydrogens (tertiary/aromatic N) is 5. The van der Waals surface area contributed by atoms with Crippen LogP contribution in [0.1, 0.15) is 11.6 Å². The molecule has 0 fully saturated rings. The van der Waals surface area contributed by atoms with Gasteiger partial charge in [-0.3, -0.25) is 4.98 Å². The number of pyridine rings is 1. The van der Waals surface area contributed by atoms with Crippen LogP contribution in [-0.4, -0.2) is 26.3 Å². The molecule has 0 radical (unpaired) electrons. The minimum absolute atomic E-state index is 0.00178. The smallest absolute Gasteiger partial charge is 0.362 e. The maximum atomic E-state index is 13.9. The number of fused-ring (bicyclic) bond motifs is 2. The van der Waals surface area contributed by atoms with E-state index in [0.717, 1.165) is 16.7 Å². The fourth-order valence-electron chi connectivity index (χ4n) is 3.01. The lowest BCUT2D eigenvalue weighted by molar-refractivity contribution is -0.147. The fourth-order valence-corrected chi connectivity index (χ4v) is 3.01. The van der Waals surface area contributed by atoms with Gasteiger partial charge in [0.25, 0.3) is 0 Å². The summed E-state index contributed by atoms with van der Waals surface area (Å²) in [5, 5.41) is 7.07. The Labute approximate surface area is 137 Å². The van der Waals surface area contributed by atoms with Crippen molar-refractivity contribution in [1.82, 2.24) is 19.7 Å². The van der Waals surface area contributed by atoms with Gasteiger partial charge in [0, 0.05) is 36.4 Å². The first-order valence-corrected chi connectivity index (χ1v) is 7.32. The quantitative estimate of drug-likeness (QED) is 0.629. The fraction of sp³-hybridized carbons (Fsp3) is 0.267. The largest absolute Gasteiger partial charge is 0.451 e. The van der Waals surface area contributed by atoms with Crippen LogP contribution < -0.4 is 4.90 Å². The molecule has 25 heavy (non-hydrogen) atoms. The van der Waals surface area contributed by atoms with Crippen molar-refractivity contribution in [1.29, 1.82) is 0 Å². The second kappa shape index (κ2) is 5.36. The van der Waals surface area contributed by atoms with Gasteiger partial charge < -0.3 is 9.47 Å². The van der Waals surface area contributed by atoms with Crippen molar-refractivity contribution in [3.63, 3.8) is 0 Å². The van der Waals surface area contributed by atoms with Gasteiger partial charge in [-0.2, -0.15) is 13.2 Å². The third-order valence-corrected chi connectivity index (χ3v) is 4.09. The van der Waals surface area contributed by atoms with Crippen LogP contribution in [0.5, 0.6) is 0 Å². The summed E-state index contributed by atoms with van der Waals surface area (Å²) in [6, 6.07) is 3.46. The van der Waals surface area contributed by atoms with Crippen LogP contribution in [0.25, 0.3) is 10.9 Å². The molecule has 0 aliphatic carbocycles. The van der Waals surface area contributed by atoms with E-state index in [1.165, 1.54) is 6.20 Å². The van der Waals surface area contributed by atoms with Gasteiger partial charge in [0.2, 0.25) is 5.82 Å². The Morgan fingerprint density at radius 2 is 1.84 bits per heavy atom. The average molecular weight is 355 g/mol. The van der Waals surface area contributed by atoms with Crippen LogP contribution in [0.3, 0.4) is 0 Å². The highest BCUT2D eigenvalue weighted by Crippen LogP contribution is 2.33. The zero-order valence-electron chi connectivity index (χ0n) is 12.6. The van der Waals surface area contributed by atoms with Gasteiger partial charge in [-0.1, -0.05) is 0 Å². The number of halogens is 5. The highest BCUT2D eigenvalue weighted by molar-refractivity contribution is 5.92. The molecule has 0 N–H and O–H groups in total. The minimum atomic E-state index is -4.58. The Morgan fingerprint density at radius 3 is 2.60 bits per heavy atom. The third kappa shape index (κ3) is 2.57. The Kier molecular flexibility index (Phi) is 3.37. The third-order valence-electron chi connectivity index (χ3n) is 4.09. The molecule has 0 amide bonds. The first-order valence-electron chi connectivity index (χ1n) is 7.32. The van der Waals surface area contributed by atoms with Crippen molar-refractivity contribution in [3.8, 4) is 0 Å². The molecule has 0 saturated heterocycles. The molecule has 2 aromatic heterocycles. The van der Waals surface area contributed by atoms with Gasteiger partial charge in [-0.15, -0.1) is 10.2 Å². The summed E-state index contributed by atoms with van der Waals surface area (Å²) in [7, 11) is 0. The Balaban J connectivity index is 1.76. The molecule has 1 aliphatic rings. The van der Waals surface area contributed by atoms with Crippen molar-refractivity contribution in [2.24, 2.45) is 0 Å². The first kappa shape index (κ1) is 15.7. The molecule has 0 saturated carbocycles. The van der Waals surface area contributed by atoms with E-state index in [4.69, 9.17) is 0 Å². The predicted molar refractivity (Wildman–Crippen MR) is 77.7 cm³/mol. The molecule has 1 aromatic carbocycles. The van der Waals surface area contributed by atoms with Crippen LogP contribution in [0, 0.1) is 11.6 Å². The van der Waals surface area contributed by atoms with E-state index in [2.05, 4.69) is 15.2 Å². The lowest BCUT2D eigenvalue weighted by Crippen LogP contribution is -2.35. The molecule has 10 heteroatoms. The monoisotopic (exact) mass is 355 g/mol. The molecule has 0 atom stereocenters. The molecular formula is C15H10F5N5. The van der Waals surface area contributed by atoms with Crippen LogP contribution in [-0.2, 0) is 19.3 Å². The molecule has 0 unspecified atom stereocenters. The van der Waals surface area contributed by atoms with Crippen molar-refractivity contribution < 1.29 is 22.0 Å². The van der Waals surface area contributed by atoms with E-state index in [9.17, 15) is 22.0 Å². The van der Waals surface area contributed by atoms with Gasteiger partial charge in [-0.25, -0.2) is 8.78 Å². The molecule has 0 bridgehead atoms. The van der Waals surface area contributed by atoms with E-state index in [0.29, 0.717) is 5.69 Å². The number of benzene rings is 1. The highest BCUT2D eigenvalue weighted by atomic mass is 19.4. The van der Waals surface area contributed by atoms with E-state index in [-0.39, 0.29) is 36.4 Å². The van der Waals surface area contributed by atoms with E-state index < -0.39 is 23.6 Å². The SMILES string of the molecule is Fc1cc(F)c2nccc(N3CCn4c(nnc4C(F)(F)F)C3)c2c1.